The van der Waals surface area contributed by atoms with E-state index in [9.17, 15) is 14.6 Å². The summed E-state index contributed by atoms with van der Waals surface area (Å²) in [6, 6.07) is 18.2. The molecule has 36 heavy (non-hydrogen) atoms. The van der Waals surface area contributed by atoms with Crippen LogP contribution in [0.2, 0.25) is 0 Å². The van der Waals surface area contributed by atoms with Crippen molar-refractivity contribution in [3.63, 3.8) is 0 Å². The van der Waals surface area contributed by atoms with Crippen molar-refractivity contribution in [2.24, 2.45) is 5.92 Å². The van der Waals surface area contributed by atoms with Crippen molar-refractivity contribution in [2.45, 2.75) is 12.5 Å². The van der Waals surface area contributed by atoms with E-state index in [4.69, 9.17) is 14.2 Å². The summed E-state index contributed by atoms with van der Waals surface area (Å²) in [5.41, 5.74) is 4.86. The van der Waals surface area contributed by atoms with E-state index in [1.165, 1.54) is 0 Å². The summed E-state index contributed by atoms with van der Waals surface area (Å²) >= 11 is 0. The van der Waals surface area contributed by atoms with E-state index in [0.717, 1.165) is 53.2 Å². The highest BCUT2D eigenvalue weighted by Gasteiger charge is 2.34. The van der Waals surface area contributed by atoms with E-state index < -0.39 is 6.10 Å². The summed E-state index contributed by atoms with van der Waals surface area (Å²) in [5.74, 6) is 2.49. The molecule has 6 rings (SSSR count). The van der Waals surface area contributed by atoms with Crippen molar-refractivity contribution < 1.29 is 28.8 Å². The molecule has 0 aliphatic carbocycles. The van der Waals surface area contributed by atoms with Crippen LogP contribution in [0.5, 0.6) is 28.7 Å². The van der Waals surface area contributed by atoms with Gasteiger partial charge in [0, 0.05) is 60.8 Å². The van der Waals surface area contributed by atoms with Crippen molar-refractivity contribution in [2.75, 3.05) is 39.5 Å². The van der Waals surface area contributed by atoms with Crippen LogP contribution in [0, 0.1) is 5.92 Å². The lowest BCUT2D eigenvalue weighted by Crippen LogP contribution is -2.49. The Hall–Kier alpha value is -3.71. The lowest BCUT2D eigenvalue weighted by molar-refractivity contribution is 0.0668. The maximum atomic E-state index is 12.6. The van der Waals surface area contributed by atoms with Crippen LogP contribution >= 0.6 is 0 Å². The fraction of sp³-hybridized carbons (Fsp3) is 0.310. The average Bonchev–Trinajstić information content (AvgIpc) is 3.04. The van der Waals surface area contributed by atoms with E-state index in [0.29, 0.717) is 31.1 Å². The molecular weight excluding hydrogens is 461 g/mol. The van der Waals surface area contributed by atoms with E-state index >= 15 is 0 Å². The molecule has 3 heterocycles. The number of alkyl halides is 1. The highest BCUT2D eigenvalue weighted by atomic mass is 19.1. The number of ether oxygens (including phenoxy) is 3. The van der Waals surface area contributed by atoms with Crippen molar-refractivity contribution in [1.29, 1.82) is 0 Å². The zero-order valence-electron chi connectivity index (χ0n) is 19.8. The Morgan fingerprint density at radius 2 is 1.64 bits per heavy atom. The minimum Gasteiger partial charge on any atom is -0.508 e. The Labute approximate surface area is 209 Å². The highest BCUT2D eigenvalue weighted by molar-refractivity contribution is 5.98. The van der Waals surface area contributed by atoms with Gasteiger partial charge >= 0.3 is 0 Å². The summed E-state index contributed by atoms with van der Waals surface area (Å²) in [6.07, 6.45) is 0.246. The monoisotopic (exact) mass is 489 g/mol. The average molecular weight is 490 g/mol. The second-order valence-corrected chi connectivity index (χ2v) is 9.55. The van der Waals surface area contributed by atoms with Crippen LogP contribution in [-0.4, -0.2) is 54.6 Å². The van der Waals surface area contributed by atoms with E-state index in [1.54, 1.807) is 24.3 Å². The van der Waals surface area contributed by atoms with Gasteiger partial charge in [-0.3, -0.25) is 9.29 Å². The molecule has 0 spiro atoms. The molecule has 0 aromatic heterocycles. The summed E-state index contributed by atoms with van der Waals surface area (Å²) < 4.78 is 31.0. The van der Waals surface area contributed by atoms with Crippen LogP contribution in [0.4, 0.5) is 4.39 Å². The zero-order chi connectivity index (χ0) is 24.6. The third-order valence-corrected chi connectivity index (χ3v) is 7.10. The van der Waals surface area contributed by atoms with Gasteiger partial charge in [0.05, 0.1) is 13.3 Å². The maximum Gasteiger partial charge on any atom is 0.150 e. The second-order valence-electron chi connectivity index (χ2n) is 9.55. The molecule has 3 aliphatic rings. The molecule has 186 valence electrons. The Balaban J connectivity index is 1.29. The molecule has 7 heteroatoms. The van der Waals surface area contributed by atoms with Gasteiger partial charge in [-0.25, -0.2) is 0 Å². The summed E-state index contributed by atoms with van der Waals surface area (Å²) in [7, 11) is 0. The van der Waals surface area contributed by atoms with Crippen LogP contribution in [0.1, 0.15) is 29.2 Å². The molecule has 1 saturated heterocycles. The van der Waals surface area contributed by atoms with Crippen LogP contribution in [0.15, 0.2) is 60.7 Å². The first kappa shape index (κ1) is 22.7. The van der Waals surface area contributed by atoms with Crippen molar-refractivity contribution in [3.8, 4) is 28.7 Å². The van der Waals surface area contributed by atoms with E-state index in [1.807, 2.05) is 36.4 Å². The largest absolute Gasteiger partial charge is 0.508 e. The van der Waals surface area contributed by atoms with Crippen molar-refractivity contribution >= 4 is 11.1 Å². The maximum absolute atomic E-state index is 12.6. The first-order valence-electron chi connectivity index (χ1n) is 12.3. The van der Waals surface area contributed by atoms with Gasteiger partial charge in [-0.05, 0) is 47.5 Å². The molecule has 1 atom stereocenters. The Morgan fingerprint density at radius 3 is 2.39 bits per heavy atom. The van der Waals surface area contributed by atoms with Crippen LogP contribution in [0.3, 0.4) is 0 Å². The van der Waals surface area contributed by atoms with Gasteiger partial charge in [-0.15, -0.1) is 0 Å². The number of aromatic hydroxyl groups is 2. The molecule has 6 nitrogen and oxygen atoms in total. The standard InChI is InChI=1S/C29H28FNO5/c30-15-18-16-31(17-18)10-12-34-22-5-1-19(2-6-22)29-28-24(23-7-3-21(33)14-27(23)36-29)9-11-35-26-13-20(32)4-8-25(26)28/h1-8,13-14,18,29,32-33H,9-12,15-17H2/t29-/m0/s1. The number of likely N-dealkylation sites (tertiary alicyclic amines) is 1. The fourth-order valence-electron chi connectivity index (χ4n) is 5.26. The molecule has 3 aromatic carbocycles. The first-order chi connectivity index (χ1) is 17.6. The molecular formula is C29H28FNO5. The van der Waals surface area contributed by atoms with Gasteiger partial charge in [0.2, 0.25) is 0 Å². The van der Waals surface area contributed by atoms with Gasteiger partial charge in [0.1, 0.15) is 41.5 Å². The predicted octanol–water partition coefficient (Wildman–Crippen LogP) is 5.20. The predicted molar refractivity (Wildman–Crippen MR) is 134 cm³/mol. The molecule has 0 amide bonds. The SMILES string of the molecule is Oc1ccc2c(c1)O[C@@H](c1ccc(OCCN3CC(CF)C3)cc1)C1=C2CCOc2cc(O)ccc21. The van der Waals surface area contributed by atoms with E-state index in [-0.39, 0.29) is 24.1 Å². The Bertz CT molecular complexity index is 1300. The van der Waals surface area contributed by atoms with Gasteiger partial charge < -0.3 is 24.4 Å². The topological polar surface area (TPSA) is 71.4 Å². The lowest BCUT2D eigenvalue weighted by atomic mass is 9.84. The molecule has 0 radical (unpaired) electrons. The molecule has 0 unspecified atom stereocenters. The third kappa shape index (κ3) is 4.24. The number of nitrogens with zero attached hydrogens (tertiary/aromatic N) is 1. The number of phenolic OH excluding ortho intramolecular Hbond substituents is 2. The van der Waals surface area contributed by atoms with Crippen LogP contribution in [-0.2, 0) is 0 Å². The highest BCUT2D eigenvalue weighted by Crippen LogP contribution is 2.51. The molecule has 2 N–H and O–H groups in total. The number of fused-ring (bicyclic) bond motifs is 4. The number of rotatable bonds is 6. The first-order valence-corrected chi connectivity index (χ1v) is 12.3. The smallest absolute Gasteiger partial charge is 0.150 e. The third-order valence-electron chi connectivity index (χ3n) is 7.10. The van der Waals surface area contributed by atoms with Crippen LogP contribution in [0.25, 0.3) is 11.1 Å². The lowest BCUT2D eigenvalue weighted by Gasteiger charge is -2.37. The minimum atomic E-state index is -0.424. The minimum absolute atomic E-state index is 0.149. The number of hydrogen-bond donors (Lipinski definition) is 2. The molecule has 3 aliphatic heterocycles. The van der Waals surface area contributed by atoms with Gasteiger partial charge in [-0.1, -0.05) is 12.1 Å². The Kier molecular flexibility index (Phi) is 5.93. The number of phenols is 2. The van der Waals surface area contributed by atoms with Crippen molar-refractivity contribution in [3.05, 3.63) is 77.4 Å². The van der Waals surface area contributed by atoms with Gasteiger partial charge in [0.15, 0.2) is 0 Å². The molecule has 1 fully saturated rings. The second kappa shape index (κ2) is 9.39. The molecule has 0 bridgehead atoms. The molecule has 3 aromatic rings. The number of halogens is 1. The normalized spacial score (nSPS) is 19.2. The van der Waals surface area contributed by atoms with Crippen molar-refractivity contribution in [1.82, 2.24) is 4.90 Å². The fourth-order valence-corrected chi connectivity index (χ4v) is 5.26. The summed E-state index contributed by atoms with van der Waals surface area (Å²) in [4.78, 5) is 2.19. The molecule has 0 saturated carbocycles. The van der Waals surface area contributed by atoms with E-state index in [2.05, 4.69) is 4.90 Å². The van der Waals surface area contributed by atoms with Gasteiger partial charge in [-0.2, -0.15) is 0 Å². The number of benzene rings is 3. The number of hydrogen-bond acceptors (Lipinski definition) is 6. The summed E-state index contributed by atoms with van der Waals surface area (Å²) in [5, 5.41) is 20.1. The van der Waals surface area contributed by atoms with Crippen LogP contribution < -0.4 is 14.2 Å². The van der Waals surface area contributed by atoms with Gasteiger partial charge in [0.25, 0.3) is 0 Å². The zero-order valence-corrected chi connectivity index (χ0v) is 19.8. The quantitative estimate of drug-likeness (QED) is 0.496. The summed E-state index contributed by atoms with van der Waals surface area (Å²) in [6.45, 7) is 3.16. The Morgan fingerprint density at radius 1 is 0.917 bits per heavy atom.